The second-order valence-electron chi connectivity index (χ2n) is 7.25. The Balaban J connectivity index is 1.94. The van der Waals surface area contributed by atoms with Gasteiger partial charge in [0.15, 0.2) is 0 Å². The van der Waals surface area contributed by atoms with E-state index in [-0.39, 0.29) is 37.0 Å². The molecule has 0 saturated heterocycles. The normalized spacial score (nSPS) is 16.1. The van der Waals surface area contributed by atoms with Crippen LogP contribution in [0.15, 0.2) is 29.6 Å². The number of benzene rings is 1. The summed E-state index contributed by atoms with van der Waals surface area (Å²) in [5.41, 5.74) is 1.92. The van der Waals surface area contributed by atoms with E-state index >= 15 is 0 Å². The lowest BCUT2D eigenvalue weighted by Crippen LogP contribution is -2.49. The van der Waals surface area contributed by atoms with Crippen LogP contribution in [0, 0.1) is 0 Å². The van der Waals surface area contributed by atoms with Crippen LogP contribution in [0.1, 0.15) is 35.9 Å². The average molecular weight is 455 g/mol. The van der Waals surface area contributed by atoms with E-state index in [0.29, 0.717) is 16.6 Å². The fraction of sp³-hybridized carbons (Fsp3) is 0.429. The zero-order valence-corrected chi connectivity index (χ0v) is 19.0. The zero-order valence-electron chi connectivity index (χ0n) is 16.7. The fourth-order valence-corrected chi connectivity index (χ4v) is 5.06. The predicted molar refractivity (Wildman–Crippen MR) is 117 cm³/mol. The third-order valence-corrected chi connectivity index (χ3v) is 6.62. The Bertz CT molecular complexity index is 900. The van der Waals surface area contributed by atoms with Crippen LogP contribution >= 0.6 is 34.5 Å². The minimum Gasteiger partial charge on any atom is -0.375 e. The summed E-state index contributed by atoms with van der Waals surface area (Å²) in [5.74, 6) is -0.318. The highest BCUT2D eigenvalue weighted by molar-refractivity contribution is 7.10. The van der Waals surface area contributed by atoms with Crippen molar-refractivity contribution in [1.82, 2.24) is 9.80 Å². The lowest BCUT2D eigenvalue weighted by Gasteiger charge is -2.38. The van der Waals surface area contributed by atoms with E-state index < -0.39 is 0 Å². The van der Waals surface area contributed by atoms with Crippen LogP contribution in [0.2, 0.25) is 10.0 Å². The lowest BCUT2D eigenvalue weighted by molar-refractivity contribution is -0.145. The zero-order chi connectivity index (χ0) is 21.1. The molecule has 2 aromatic rings. The van der Waals surface area contributed by atoms with Crippen molar-refractivity contribution in [3.05, 3.63) is 55.7 Å². The summed E-state index contributed by atoms with van der Waals surface area (Å²) < 4.78 is 4.97. The van der Waals surface area contributed by atoms with Gasteiger partial charge in [-0.15, -0.1) is 11.3 Å². The topological polar surface area (TPSA) is 49.9 Å². The second-order valence-corrected chi connectivity index (χ2v) is 9.10. The third kappa shape index (κ3) is 4.77. The number of halogens is 2. The van der Waals surface area contributed by atoms with Crippen molar-refractivity contribution >= 4 is 46.4 Å². The number of rotatable bonds is 6. The minimum absolute atomic E-state index is 0.00103. The first kappa shape index (κ1) is 22.1. The molecular weight excluding hydrogens is 431 g/mol. The summed E-state index contributed by atoms with van der Waals surface area (Å²) in [6.45, 7) is 4.30. The van der Waals surface area contributed by atoms with Gasteiger partial charge in [0.2, 0.25) is 11.8 Å². The van der Waals surface area contributed by atoms with Gasteiger partial charge in [0.05, 0.1) is 6.04 Å². The van der Waals surface area contributed by atoms with Crippen LogP contribution in [-0.2, 0) is 20.7 Å². The highest BCUT2D eigenvalue weighted by Crippen LogP contribution is 2.41. The highest BCUT2D eigenvalue weighted by Gasteiger charge is 2.35. The van der Waals surface area contributed by atoms with Crippen molar-refractivity contribution in [2.45, 2.75) is 32.4 Å². The van der Waals surface area contributed by atoms with Gasteiger partial charge >= 0.3 is 0 Å². The van der Waals surface area contributed by atoms with Crippen molar-refractivity contribution < 1.29 is 14.3 Å². The molecule has 0 N–H and O–H groups in total. The molecule has 0 spiro atoms. The Morgan fingerprint density at radius 2 is 2.03 bits per heavy atom. The number of fused-ring (bicyclic) bond motifs is 1. The first-order valence-corrected chi connectivity index (χ1v) is 11.1. The molecule has 0 fully saturated rings. The van der Waals surface area contributed by atoms with E-state index in [4.69, 9.17) is 27.9 Å². The first-order valence-electron chi connectivity index (χ1n) is 9.42. The molecule has 1 atom stereocenters. The first-order chi connectivity index (χ1) is 13.8. The molecule has 156 valence electrons. The Morgan fingerprint density at radius 1 is 1.28 bits per heavy atom. The van der Waals surface area contributed by atoms with Crippen LogP contribution in [-0.4, -0.2) is 54.5 Å². The van der Waals surface area contributed by atoms with Crippen LogP contribution < -0.4 is 0 Å². The van der Waals surface area contributed by atoms with Gasteiger partial charge in [0.25, 0.3) is 0 Å². The molecule has 29 heavy (non-hydrogen) atoms. The van der Waals surface area contributed by atoms with Crippen LogP contribution in [0.4, 0.5) is 0 Å². The molecular formula is C21H24Cl2N2O3S. The highest BCUT2D eigenvalue weighted by atomic mass is 35.5. The van der Waals surface area contributed by atoms with Gasteiger partial charge in [-0.3, -0.25) is 9.59 Å². The van der Waals surface area contributed by atoms with Crippen LogP contribution in [0.25, 0.3) is 0 Å². The van der Waals surface area contributed by atoms with E-state index in [2.05, 4.69) is 0 Å². The summed E-state index contributed by atoms with van der Waals surface area (Å²) in [4.78, 5) is 30.4. The summed E-state index contributed by atoms with van der Waals surface area (Å²) in [6.07, 6.45) is 0.786. The van der Waals surface area contributed by atoms with Crippen LogP contribution in [0.5, 0.6) is 0 Å². The Morgan fingerprint density at radius 3 is 2.69 bits per heavy atom. The summed E-state index contributed by atoms with van der Waals surface area (Å²) in [6, 6.07) is 7.00. The number of hydrogen-bond acceptors (Lipinski definition) is 4. The molecule has 0 bridgehead atoms. The van der Waals surface area contributed by atoms with Gasteiger partial charge in [-0.1, -0.05) is 29.3 Å². The summed E-state index contributed by atoms with van der Waals surface area (Å²) in [7, 11) is 1.47. The number of ether oxygens (including phenoxy) is 1. The van der Waals surface area contributed by atoms with E-state index in [1.54, 1.807) is 28.4 Å². The Hall–Kier alpha value is -1.60. The molecule has 1 aromatic heterocycles. The molecule has 2 heterocycles. The number of carbonyl (C=O) groups excluding carboxylic acids is 2. The van der Waals surface area contributed by atoms with E-state index in [1.807, 2.05) is 36.3 Å². The number of hydrogen-bond donors (Lipinski definition) is 0. The van der Waals surface area contributed by atoms with Gasteiger partial charge in [-0.2, -0.15) is 0 Å². The van der Waals surface area contributed by atoms with Crippen LogP contribution in [0.3, 0.4) is 0 Å². The number of methoxy groups -OCH3 is 1. The van der Waals surface area contributed by atoms with Crippen molar-refractivity contribution in [1.29, 1.82) is 0 Å². The largest absolute Gasteiger partial charge is 0.375 e. The van der Waals surface area contributed by atoms with Gasteiger partial charge in [0.1, 0.15) is 13.2 Å². The molecule has 8 heteroatoms. The van der Waals surface area contributed by atoms with Crippen molar-refractivity contribution in [2.75, 3.05) is 26.8 Å². The molecule has 1 aliphatic rings. The van der Waals surface area contributed by atoms with Gasteiger partial charge in [0, 0.05) is 34.6 Å². The Kier molecular flexibility index (Phi) is 7.22. The molecule has 0 radical (unpaired) electrons. The molecule has 5 nitrogen and oxygen atoms in total. The third-order valence-electron chi connectivity index (χ3n) is 5.06. The molecule has 1 aliphatic heterocycles. The molecule has 0 saturated carbocycles. The maximum absolute atomic E-state index is 13.3. The van der Waals surface area contributed by atoms with Crippen molar-refractivity contribution in [2.24, 2.45) is 0 Å². The lowest BCUT2D eigenvalue weighted by atomic mass is 9.93. The predicted octanol–water partition coefficient (Wildman–Crippen LogP) is 4.41. The van der Waals surface area contributed by atoms with Crippen molar-refractivity contribution in [3.8, 4) is 0 Å². The maximum Gasteiger partial charge on any atom is 0.249 e. The van der Waals surface area contributed by atoms with E-state index in [9.17, 15) is 9.59 Å². The molecule has 1 unspecified atom stereocenters. The smallest absolute Gasteiger partial charge is 0.249 e. The number of amides is 2. The average Bonchev–Trinajstić information content (AvgIpc) is 3.14. The Labute approximate surface area is 185 Å². The summed E-state index contributed by atoms with van der Waals surface area (Å²) in [5, 5.41) is 3.11. The van der Waals surface area contributed by atoms with E-state index in [0.717, 1.165) is 17.5 Å². The fourth-order valence-electron chi connectivity index (χ4n) is 3.65. The monoisotopic (exact) mass is 454 g/mol. The molecule has 0 aliphatic carbocycles. The van der Waals surface area contributed by atoms with Gasteiger partial charge < -0.3 is 14.5 Å². The maximum atomic E-state index is 13.3. The van der Waals surface area contributed by atoms with Crippen molar-refractivity contribution in [3.63, 3.8) is 0 Å². The summed E-state index contributed by atoms with van der Waals surface area (Å²) >= 11 is 14.3. The molecule has 2 amide bonds. The standard InChI is InChI=1S/C21H24Cl2N2O3S/c1-13(2)25(20(27)12-28-3)11-19(26)24-8-6-18-16(7-9-29-18)21(24)15-5-4-14(22)10-17(15)23/h4-5,7,9-10,13,21H,6,8,11-12H2,1-3H3. The SMILES string of the molecule is COCC(=O)N(CC(=O)N1CCc2sccc2C1c1ccc(Cl)cc1Cl)C(C)C. The quantitative estimate of drug-likeness (QED) is 0.649. The number of thiophene rings is 1. The number of nitrogens with zero attached hydrogens (tertiary/aromatic N) is 2. The van der Waals surface area contributed by atoms with Gasteiger partial charge in [-0.05, 0) is 55.0 Å². The minimum atomic E-state index is -0.297. The molecule has 1 aromatic carbocycles. The molecule has 3 rings (SSSR count). The van der Waals surface area contributed by atoms with Gasteiger partial charge in [-0.25, -0.2) is 0 Å². The van der Waals surface area contributed by atoms with E-state index in [1.165, 1.54) is 12.0 Å². The second kappa shape index (κ2) is 9.47. The number of carbonyl (C=O) groups is 2.